The first-order valence-corrected chi connectivity index (χ1v) is 11.1. The number of thiazole rings is 1. The van der Waals surface area contributed by atoms with E-state index in [-0.39, 0.29) is 11.9 Å². The van der Waals surface area contributed by atoms with Crippen LogP contribution in [0.4, 0.5) is 5.69 Å². The molecule has 0 atom stereocenters. The van der Waals surface area contributed by atoms with Gasteiger partial charge in [-0.25, -0.2) is 9.78 Å². The summed E-state index contributed by atoms with van der Waals surface area (Å²) in [4.78, 5) is 29.7. The number of benzene rings is 2. The van der Waals surface area contributed by atoms with Gasteiger partial charge in [-0.15, -0.1) is 11.3 Å². The fraction of sp³-hybridized carbons (Fsp3) is 0.208. The normalized spacial score (nSPS) is 10.8. The van der Waals surface area contributed by atoms with Crippen molar-refractivity contribution < 1.29 is 19.1 Å². The minimum Gasteiger partial charge on any atom is -0.497 e. The second-order valence-corrected chi connectivity index (χ2v) is 7.92. The summed E-state index contributed by atoms with van der Waals surface area (Å²) in [5.41, 5.74) is 4.02. The highest BCUT2D eigenvalue weighted by molar-refractivity contribution is 7.15. The number of anilines is 1. The molecule has 7 nitrogen and oxygen atoms in total. The van der Waals surface area contributed by atoms with Crippen LogP contribution >= 0.6 is 11.3 Å². The van der Waals surface area contributed by atoms with Crippen LogP contribution < -0.4 is 10.1 Å². The average Bonchev–Trinajstić information content (AvgIpc) is 3.40. The first-order valence-electron chi connectivity index (χ1n) is 10.2. The topological polar surface area (TPSA) is 81.9 Å². The van der Waals surface area contributed by atoms with Crippen LogP contribution in [0.25, 0.3) is 16.2 Å². The minimum atomic E-state index is -0.374. The van der Waals surface area contributed by atoms with E-state index in [1.165, 1.54) is 0 Å². The number of amides is 1. The molecule has 0 unspecified atom stereocenters. The van der Waals surface area contributed by atoms with E-state index in [2.05, 4.69) is 5.32 Å². The first kappa shape index (κ1) is 21.6. The molecule has 0 saturated carbocycles. The van der Waals surface area contributed by atoms with Gasteiger partial charge in [0, 0.05) is 34.9 Å². The number of methoxy groups -OCH3 is 1. The summed E-state index contributed by atoms with van der Waals surface area (Å²) >= 11 is 1.55. The van der Waals surface area contributed by atoms with E-state index in [1.54, 1.807) is 49.6 Å². The number of carbonyl (C=O) groups excluding carboxylic acids is 2. The third kappa shape index (κ3) is 4.81. The summed E-state index contributed by atoms with van der Waals surface area (Å²) in [7, 11) is 1.64. The number of aromatic nitrogens is 2. The molecule has 2 aromatic heterocycles. The maximum absolute atomic E-state index is 12.4. The van der Waals surface area contributed by atoms with Crippen LogP contribution in [0, 0.1) is 0 Å². The van der Waals surface area contributed by atoms with E-state index in [0.717, 1.165) is 27.7 Å². The predicted octanol–water partition coefficient (Wildman–Crippen LogP) is 4.82. The molecule has 0 fully saturated rings. The zero-order chi connectivity index (χ0) is 22.5. The number of esters is 1. The number of fused-ring (bicyclic) bond motifs is 1. The zero-order valence-electron chi connectivity index (χ0n) is 17.8. The third-order valence-electron chi connectivity index (χ3n) is 4.96. The van der Waals surface area contributed by atoms with E-state index < -0.39 is 0 Å². The largest absolute Gasteiger partial charge is 0.497 e. The van der Waals surface area contributed by atoms with Crippen LogP contribution in [0.2, 0.25) is 0 Å². The van der Waals surface area contributed by atoms with Gasteiger partial charge in [-0.3, -0.25) is 9.20 Å². The van der Waals surface area contributed by atoms with Crippen molar-refractivity contribution in [3.63, 3.8) is 0 Å². The quantitative estimate of drug-likeness (QED) is 0.390. The maximum atomic E-state index is 12.4. The first-order chi connectivity index (χ1) is 15.6. The molecule has 1 amide bonds. The number of hydrogen-bond donors (Lipinski definition) is 1. The molecule has 2 heterocycles. The third-order valence-corrected chi connectivity index (χ3v) is 5.85. The van der Waals surface area contributed by atoms with Crippen molar-refractivity contribution in [3.05, 3.63) is 71.4 Å². The van der Waals surface area contributed by atoms with Gasteiger partial charge < -0.3 is 14.8 Å². The molecule has 1 N–H and O–H groups in total. The Morgan fingerprint density at radius 3 is 2.53 bits per heavy atom. The van der Waals surface area contributed by atoms with Gasteiger partial charge >= 0.3 is 5.97 Å². The highest BCUT2D eigenvalue weighted by Gasteiger charge is 2.12. The number of hydrogen-bond acceptors (Lipinski definition) is 6. The fourth-order valence-corrected chi connectivity index (χ4v) is 4.19. The molecular weight excluding hydrogens is 426 g/mol. The molecule has 0 aliphatic heterocycles. The smallest absolute Gasteiger partial charge is 0.338 e. The molecule has 0 aliphatic rings. The van der Waals surface area contributed by atoms with Crippen molar-refractivity contribution >= 4 is 33.9 Å². The second-order valence-electron chi connectivity index (χ2n) is 7.08. The molecule has 0 spiro atoms. The standard InChI is InChI=1S/C24H23N3O4S/c1-3-31-23(29)17-4-8-18(9-5-17)25-22(28)13-10-19-15-32-24-26-21(14-27(19)24)16-6-11-20(30-2)12-7-16/h4-9,11-12,14-15H,3,10,13H2,1-2H3,(H,25,28). The average molecular weight is 450 g/mol. The highest BCUT2D eigenvalue weighted by atomic mass is 32.1. The van der Waals surface area contributed by atoms with Crippen LogP contribution in [0.1, 0.15) is 29.4 Å². The number of rotatable bonds is 8. The summed E-state index contributed by atoms with van der Waals surface area (Å²) in [6.45, 7) is 2.09. The lowest BCUT2D eigenvalue weighted by Gasteiger charge is -2.06. The van der Waals surface area contributed by atoms with Crippen LogP contribution in [0.3, 0.4) is 0 Å². The SMILES string of the molecule is CCOC(=O)c1ccc(NC(=O)CCc2csc3nc(-c4ccc(OC)cc4)cn23)cc1. The van der Waals surface area contributed by atoms with Gasteiger partial charge in [-0.05, 0) is 61.9 Å². The minimum absolute atomic E-state index is 0.0938. The lowest BCUT2D eigenvalue weighted by molar-refractivity contribution is -0.116. The Morgan fingerprint density at radius 1 is 1.09 bits per heavy atom. The lowest BCUT2D eigenvalue weighted by atomic mass is 10.1. The predicted molar refractivity (Wildman–Crippen MR) is 124 cm³/mol. The van der Waals surface area contributed by atoms with Gasteiger partial charge in [0.05, 0.1) is 25.0 Å². The molecule has 8 heteroatoms. The second kappa shape index (κ2) is 9.65. The number of nitrogens with zero attached hydrogens (tertiary/aromatic N) is 2. The summed E-state index contributed by atoms with van der Waals surface area (Å²) in [6, 6.07) is 14.5. The molecule has 0 bridgehead atoms. The van der Waals surface area contributed by atoms with Crippen molar-refractivity contribution in [3.8, 4) is 17.0 Å². The van der Waals surface area contributed by atoms with E-state index in [9.17, 15) is 9.59 Å². The van der Waals surface area contributed by atoms with Crippen molar-refractivity contribution in [1.29, 1.82) is 0 Å². The monoisotopic (exact) mass is 449 g/mol. The zero-order valence-corrected chi connectivity index (χ0v) is 18.6. The van der Waals surface area contributed by atoms with Crippen molar-refractivity contribution in [2.24, 2.45) is 0 Å². The Morgan fingerprint density at radius 2 is 1.84 bits per heavy atom. The van der Waals surface area contributed by atoms with Gasteiger partial charge in [-0.2, -0.15) is 0 Å². The molecule has 164 valence electrons. The number of nitrogens with one attached hydrogen (secondary N) is 1. The van der Waals surface area contributed by atoms with Crippen LogP contribution in [0.5, 0.6) is 5.75 Å². The molecule has 4 aromatic rings. The number of aryl methyl sites for hydroxylation is 1. The van der Waals surface area contributed by atoms with Crippen LogP contribution in [-0.4, -0.2) is 35.0 Å². The Kier molecular flexibility index (Phi) is 6.51. The Labute approximate surface area is 189 Å². The van der Waals surface area contributed by atoms with E-state index in [4.69, 9.17) is 14.5 Å². The number of ether oxygens (including phenoxy) is 2. The van der Waals surface area contributed by atoms with Gasteiger partial charge in [0.1, 0.15) is 5.75 Å². The Balaban J connectivity index is 1.38. The highest BCUT2D eigenvalue weighted by Crippen LogP contribution is 2.26. The van der Waals surface area contributed by atoms with Crippen molar-refractivity contribution in [1.82, 2.24) is 9.38 Å². The maximum Gasteiger partial charge on any atom is 0.338 e. The molecular formula is C24H23N3O4S. The van der Waals surface area contributed by atoms with Gasteiger partial charge in [0.15, 0.2) is 4.96 Å². The van der Waals surface area contributed by atoms with Crippen LogP contribution in [-0.2, 0) is 16.0 Å². The lowest BCUT2D eigenvalue weighted by Crippen LogP contribution is -2.13. The summed E-state index contributed by atoms with van der Waals surface area (Å²) in [6.07, 6.45) is 2.92. The molecule has 2 aromatic carbocycles. The van der Waals surface area contributed by atoms with E-state index in [1.807, 2.05) is 40.2 Å². The van der Waals surface area contributed by atoms with E-state index in [0.29, 0.717) is 30.7 Å². The van der Waals surface area contributed by atoms with Crippen LogP contribution in [0.15, 0.2) is 60.1 Å². The summed E-state index contributed by atoms with van der Waals surface area (Å²) < 4.78 is 12.2. The molecule has 0 saturated heterocycles. The van der Waals surface area contributed by atoms with E-state index >= 15 is 0 Å². The van der Waals surface area contributed by atoms with Gasteiger partial charge in [0.25, 0.3) is 0 Å². The fourth-order valence-electron chi connectivity index (χ4n) is 3.28. The van der Waals surface area contributed by atoms with Gasteiger partial charge in [-0.1, -0.05) is 0 Å². The van der Waals surface area contributed by atoms with Crippen molar-refractivity contribution in [2.75, 3.05) is 19.0 Å². The summed E-state index contributed by atoms with van der Waals surface area (Å²) in [5.74, 6) is 0.335. The summed E-state index contributed by atoms with van der Waals surface area (Å²) in [5, 5.41) is 4.90. The van der Waals surface area contributed by atoms with Crippen molar-refractivity contribution in [2.45, 2.75) is 19.8 Å². The number of imidazole rings is 1. The Hall–Kier alpha value is -3.65. The molecule has 32 heavy (non-hydrogen) atoms. The van der Waals surface area contributed by atoms with Gasteiger partial charge in [0.2, 0.25) is 5.91 Å². The number of carbonyl (C=O) groups is 2. The molecule has 4 rings (SSSR count). The Bertz CT molecular complexity index is 1230. The molecule has 0 radical (unpaired) electrons. The molecule has 0 aliphatic carbocycles.